The van der Waals surface area contributed by atoms with Gasteiger partial charge in [-0.1, -0.05) is 17.7 Å². The summed E-state index contributed by atoms with van der Waals surface area (Å²) in [6, 6.07) is 7.49. The number of benzene rings is 1. The number of ether oxygens (including phenoxy) is 1. The molecule has 132 valence electrons. The number of hydrogen-bond acceptors (Lipinski definition) is 5. The Hall–Kier alpha value is -2.34. The molecule has 7 heteroatoms. The predicted octanol–water partition coefficient (Wildman–Crippen LogP) is 2.80. The van der Waals surface area contributed by atoms with Gasteiger partial charge in [0.05, 0.1) is 6.61 Å². The van der Waals surface area contributed by atoms with Crippen molar-refractivity contribution in [3.05, 3.63) is 46.9 Å². The number of carbonyl (C=O) groups is 1. The highest BCUT2D eigenvalue weighted by atomic mass is 35.5. The van der Waals surface area contributed by atoms with E-state index in [2.05, 4.69) is 21.8 Å². The zero-order valence-corrected chi connectivity index (χ0v) is 15.2. The first-order valence-electron chi connectivity index (χ1n) is 8.33. The van der Waals surface area contributed by atoms with Crippen LogP contribution in [0.25, 0.3) is 0 Å². The molecule has 1 aliphatic heterocycles. The second-order valence-corrected chi connectivity index (χ2v) is 6.32. The molecule has 3 rings (SSSR count). The molecular weight excluding hydrogens is 340 g/mol. The fourth-order valence-electron chi connectivity index (χ4n) is 2.92. The summed E-state index contributed by atoms with van der Waals surface area (Å²) in [7, 11) is 0. The Bertz CT molecular complexity index is 760. The molecule has 6 nitrogen and oxygen atoms in total. The standard InChI is InChI=1S/C18H21ClN4O2/c1-3-25-17-11-15(20-12-21-17)18(24)23-8-6-22(7-9-23)16-10-14(19)5-4-13(16)2/h4-5,10-12H,3,6-9H2,1-2H3. The third-order valence-electron chi connectivity index (χ3n) is 4.23. The third kappa shape index (κ3) is 4.02. The van der Waals surface area contributed by atoms with Crippen LogP contribution in [0.2, 0.25) is 5.02 Å². The van der Waals surface area contributed by atoms with Crippen molar-refractivity contribution in [1.29, 1.82) is 0 Å². The molecule has 1 saturated heterocycles. The van der Waals surface area contributed by atoms with Crippen LogP contribution in [0.15, 0.2) is 30.6 Å². The van der Waals surface area contributed by atoms with E-state index in [9.17, 15) is 4.79 Å². The smallest absolute Gasteiger partial charge is 0.272 e. The first-order chi connectivity index (χ1) is 12.1. The topological polar surface area (TPSA) is 58.6 Å². The summed E-state index contributed by atoms with van der Waals surface area (Å²) < 4.78 is 5.34. The van der Waals surface area contributed by atoms with Crippen molar-refractivity contribution in [3.63, 3.8) is 0 Å². The van der Waals surface area contributed by atoms with Gasteiger partial charge in [-0.3, -0.25) is 4.79 Å². The number of halogens is 1. The molecule has 0 N–H and O–H groups in total. The summed E-state index contributed by atoms with van der Waals surface area (Å²) in [6.07, 6.45) is 1.36. The second kappa shape index (κ2) is 7.70. The van der Waals surface area contributed by atoms with E-state index in [1.165, 1.54) is 11.9 Å². The van der Waals surface area contributed by atoms with Gasteiger partial charge in [0.15, 0.2) is 0 Å². The lowest BCUT2D eigenvalue weighted by Crippen LogP contribution is -2.49. The Morgan fingerprint density at radius 2 is 1.96 bits per heavy atom. The van der Waals surface area contributed by atoms with Crippen molar-refractivity contribution < 1.29 is 9.53 Å². The fraction of sp³-hybridized carbons (Fsp3) is 0.389. The molecule has 25 heavy (non-hydrogen) atoms. The van der Waals surface area contributed by atoms with E-state index in [1.807, 2.05) is 30.0 Å². The lowest BCUT2D eigenvalue weighted by molar-refractivity contribution is 0.0740. The zero-order chi connectivity index (χ0) is 17.8. The number of anilines is 1. The molecule has 0 saturated carbocycles. The number of nitrogens with zero attached hydrogens (tertiary/aromatic N) is 4. The van der Waals surface area contributed by atoms with Crippen LogP contribution in [0.1, 0.15) is 23.0 Å². The summed E-state index contributed by atoms with van der Waals surface area (Å²) >= 11 is 6.12. The number of aryl methyl sites for hydroxylation is 1. The number of amides is 1. The van der Waals surface area contributed by atoms with Gasteiger partial charge >= 0.3 is 0 Å². The Labute approximate surface area is 152 Å². The third-order valence-corrected chi connectivity index (χ3v) is 4.47. The average Bonchev–Trinajstić information content (AvgIpc) is 2.64. The molecule has 2 aromatic rings. The quantitative estimate of drug-likeness (QED) is 0.839. The molecule has 0 spiro atoms. The molecule has 1 amide bonds. The Kier molecular flexibility index (Phi) is 5.38. The first kappa shape index (κ1) is 17.5. The normalized spacial score (nSPS) is 14.5. The van der Waals surface area contributed by atoms with Crippen LogP contribution < -0.4 is 9.64 Å². The van der Waals surface area contributed by atoms with Gasteiger partial charge in [-0.2, -0.15) is 0 Å². The molecular formula is C18H21ClN4O2. The second-order valence-electron chi connectivity index (χ2n) is 5.88. The van der Waals surface area contributed by atoms with E-state index in [1.54, 1.807) is 6.07 Å². The van der Waals surface area contributed by atoms with Gasteiger partial charge in [0, 0.05) is 43.0 Å². The Balaban J connectivity index is 1.66. The van der Waals surface area contributed by atoms with Crippen LogP contribution in [0.4, 0.5) is 5.69 Å². The Morgan fingerprint density at radius 1 is 1.20 bits per heavy atom. The SMILES string of the molecule is CCOc1cc(C(=O)N2CCN(c3cc(Cl)ccc3C)CC2)ncn1. The van der Waals surface area contributed by atoms with Gasteiger partial charge in [-0.15, -0.1) is 0 Å². The summed E-state index contributed by atoms with van der Waals surface area (Å²) in [5.41, 5.74) is 2.67. The van der Waals surface area contributed by atoms with Crippen molar-refractivity contribution >= 4 is 23.2 Å². The minimum absolute atomic E-state index is 0.0918. The molecule has 0 bridgehead atoms. The Morgan fingerprint density at radius 3 is 2.68 bits per heavy atom. The number of aromatic nitrogens is 2. The highest BCUT2D eigenvalue weighted by molar-refractivity contribution is 6.30. The van der Waals surface area contributed by atoms with Crippen molar-refractivity contribution in [2.75, 3.05) is 37.7 Å². The van der Waals surface area contributed by atoms with Crippen LogP contribution in [0.3, 0.4) is 0 Å². The molecule has 1 aliphatic rings. The van der Waals surface area contributed by atoms with Crippen molar-refractivity contribution in [2.45, 2.75) is 13.8 Å². The maximum atomic E-state index is 12.7. The molecule has 0 atom stereocenters. The molecule has 2 heterocycles. The number of carbonyl (C=O) groups excluding carboxylic acids is 1. The van der Waals surface area contributed by atoms with E-state index in [4.69, 9.17) is 16.3 Å². The van der Waals surface area contributed by atoms with Gasteiger partial charge in [0.25, 0.3) is 5.91 Å². The molecule has 1 aromatic heterocycles. The van der Waals surface area contributed by atoms with Crippen LogP contribution >= 0.6 is 11.6 Å². The minimum Gasteiger partial charge on any atom is -0.478 e. The lowest BCUT2D eigenvalue weighted by atomic mass is 10.1. The molecule has 1 fully saturated rings. The van der Waals surface area contributed by atoms with E-state index in [0.717, 1.165) is 23.8 Å². The van der Waals surface area contributed by atoms with Gasteiger partial charge < -0.3 is 14.5 Å². The number of hydrogen-bond donors (Lipinski definition) is 0. The van der Waals surface area contributed by atoms with Crippen molar-refractivity contribution in [3.8, 4) is 5.88 Å². The monoisotopic (exact) mass is 360 g/mol. The van der Waals surface area contributed by atoms with E-state index in [0.29, 0.717) is 31.3 Å². The molecule has 0 radical (unpaired) electrons. The van der Waals surface area contributed by atoms with E-state index >= 15 is 0 Å². The van der Waals surface area contributed by atoms with Gasteiger partial charge in [-0.05, 0) is 31.5 Å². The summed E-state index contributed by atoms with van der Waals surface area (Å²) in [6.45, 7) is 7.24. The van der Waals surface area contributed by atoms with Gasteiger partial charge in [0.2, 0.25) is 5.88 Å². The highest BCUT2D eigenvalue weighted by Gasteiger charge is 2.24. The zero-order valence-electron chi connectivity index (χ0n) is 14.4. The summed E-state index contributed by atoms with van der Waals surface area (Å²) in [5, 5.41) is 0.726. The summed E-state index contributed by atoms with van der Waals surface area (Å²) in [4.78, 5) is 24.8. The van der Waals surface area contributed by atoms with Crippen molar-refractivity contribution in [2.24, 2.45) is 0 Å². The maximum Gasteiger partial charge on any atom is 0.272 e. The molecule has 0 aliphatic carbocycles. The average molecular weight is 361 g/mol. The van der Waals surface area contributed by atoms with Gasteiger partial charge in [0.1, 0.15) is 12.0 Å². The number of piperazine rings is 1. The van der Waals surface area contributed by atoms with Gasteiger partial charge in [-0.25, -0.2) is 9.97 Å². The van der Waals surface area contributed by atoms with Crippen LogP contribution in [0.5, 0.6) is 5.88 Å². The predicted molar refractivity (Wildman–Crippen MR) is 97.5 cm³/mol. The largest absolute Gasteiger partial charge is 0.478 e. The molecule has 0 unspecified atom stereocenters. The van der Waals surface area contributed by atoms with E-state index < -0.39 is 0 Å². The van der Waals surface area contributed by atoms with Crippen LogP contribution in [-0.2, 0) is 0 Å². The lowest BCUT2D eigenvalue weighted by Gasteiger charge is -2.36. The van der Waals surface area contributed by atoms with Crippen LogP contribution in [0, 0.1) is 6.92 Å². The minimum atomic E-state index is -0.0918. The highest BCUT2D eigenvalue weighted by Crippen LogP contribution is 2.25. The van der Waals surface area contributed by atoms with E-state index in [-0.39, 0.29) is 5.91 Å². The van der Waals surface area contributed by atoms with Crippen LogP contribution in [-0.4, -0.2) is 53.6 Å². The summed E-state index contributed by atoms with van der Waals surface area (Å²) in [5.74, 6) is 0.333. The fourth-order valence-corrected chi connectivity index (χ4v) is 3.09. The molecule has 1 aromatic carbocycles. The number of rotatable bonds is 4. The van der Waals surface area contributed by atoms with Crippen molar-refractivity contribution in [1.82, 2.24) is 14.9 Å². The first-order valence-corrected chi connectivity index (χ1v) is 8.71. The maximum absolute atomic E-state index is 12.7.